The molecule has 0 aromatic heterocycles. The summed E-state index contributed by atoms with van der Waals surface area (Å²) in [6.45, 7) is 4.35. The second kappa shape index (κ2) is 7.03. The number of hydrogen-bond donors (Lipinski definition) is 2. The number of aliphatic carboxylic acids is 1. The summed E-state index contributed by atoms with van der Waals surface area (Å²) in [4.78, 5) is 24.7. The average molecular weight is 266 g/mol. The molecule has 0 aromatic rings. The van der Waals surface area contributed by atoms with Crippen LogP contribution in [0.3, 0.4) is 0 Å². The lowest BCUT2D eigenvalue weighted by molar-refractivity contribution is -0.143. The summed E-state index contributed by atoms with van der Waals surface area (Å²) in [7, 11) is 0. The molecule has 1 saturated heterocycles. The van der Waals surface area contributed by atoms with Gasteiger partial charge in [0.2, 0.25) is 0 Å². The number of amides is 2. The smallest absolute Gasteiger partial charge is 0.318 e. The highest BCUT2D eigenvalue weighted by Crippen LogP contribution is 2.23. The first-order chi connectivity index (χ1) is 8.99. The van der Waals surface area contributed by atoms with E-state index in [0.717, 1.165) is 12.8 Å². The molecular formula is C14H22N2O3. The summed E-state index contributed by atoms with van der Waals surface area (Å²) in [5.74, 6) is 1.43. The summed E-state index contributed by atoms with van der Waals surface area (Å²) < 4.78 is 0. The van der Waals surface area contributed by atoms with E-state index in [4.69, 9.17) is 11.5 Å². The van der Waals surface area contributed by atoms with Gasteiger partial charge in [-0.15, -0.1) is 6.42 Å². The first kappa shape index (κ1) is 15.4. The molecular weight excluding hydrogens is 244 g/mol. The van der Waals surface area contributed by atoms with Gasteiger partial charge in [-0.25, -0.2) is 4.79 Å². The van der Waals surface area contributed by atoms with Crippen LogP contribution in [0.15, 0.2) is 0 Å². The molecule has 0 aromatic carbocycles. The number of carboxylic acids is 1. The van der Waals surface area contributed by atoms with Gasteiger partial charge >= 0.3 is 12.0 Å². The zero-order valence-electron chi connectivity index (χ0n) is 11.6. The van der Waals surface area contributed by atoms with Crippen LogP contribution >= 0.6 is 0 Å². The maximum Gasteiger partial charge on any atom is 0.318 e. The Morgan fingerprint density at radius 3 is 2.74 bits per heavy atom. The minimum Gasteiger partial charge on any atom is -0.481 e. The lowest BCUT2D eigenvalue weighted by Crippen LogP contribution is -2.52. The van der Waals surface area contributed by atoms with E-state index in [1.807, 2.05) is 13.8 Å². The molecule has 0 aliphatic carbocycles. The van der Waals surface area contributed by atoms with Crippen LogP contribution in [-0.4, -0.2) is 40.6 Å². The molecule has 1 aliphatic rings. The summed E-state index contributed by atoms with van der Waals surface area (Å²) >= 11 is 0. The second-order valence-electron chi connectivity index (χ2n) is 5.06. The quantitative estimate of drug-likeness (QED) is 0.761. The highest BCUT2D eigenvalue weighted by atomic mass is 16.4. The van der Waals surface area contributed by atoms with Crippen LogP contribution in [0.5, 0.6) is 0 Å². The number of terminal acetylenes is 1. The molecule has 2 amide bonds. The second-order valence-corrected chi connectivity index (χ2v) is 5.06. The first-order valence-electron chi connectivity index (χ1n) is 6.75. The fourth-order valence-electron chi connectivity index (χ4n) is 2.42. The molecule has 1 rings (SSSR count). The summed E-state index contributed by atoms with van der Waals surface area (Å²) in [5, 5.41) is 11.8. The number of nitrogens with zero attached hydrogens (tertiary/aromatic N) is 1. The number of likely N-dealkylation sites (tertiary alicyclic amines) is 1. The van der Waals surface area contributed by atoms with Crippen molar-refractivity contribution in [3.8, 4) is 12.3 Å². The fourth-order valence-corrected chi connectivity index (χ4v) is 2.42. The van der Waals surface area contributed by atoms with Crippen molar-refractivity contribution in [2.24, 2.45) is 5.92 Å². The number of hydrogen-bond acceptors (Lipinski definition) is 2. The molecule has 0 saturated carbocycles. The number of carboxylic acid groups (broad SMARTS) is 1. The highest BCUT2D eigenvalue weighted by Gasteiger charge is 2.32. The Kier molecular flexibility index (Phi) is 5.68. The first-order valence-corrected chi connectivity index (χ1v) is 6.75. The fraction of sp³-hybridized carbons (Fsp3) is 0.714. The predicted molar refractivity (Wildman–Crippen MR) is 72.6 cm³/mol. The summed E-state index contributed by atoms with van der Waals surface area (Å²) in [6.07, 6.45) is 8.03. The van der Waals surface area contributed by atoms with Crippen molar-refractivity contribution in [3.63, 3.8) is 0 Å². The Hall–Kier alpha value is -1.70. The van der Waals surface area contributed by atoms with Gasteiger partial charge in [0.25, 0.3) is 0 Å². The van der Waals surface area contributed by atoms with E-state index >= 15 is 0 Å². The maximum atomic E-state index is 12.1. The number of nitrogens with one attached hydrogen (secondary N) is 1. The SMILES string of the molecule is C#CC(CCC)NC(=O)N1CCC(C(=O)O)CC1C. The van der Waals surface area contributed by atoms with Crippen molar-refractivity contribution in [2.75, 3.05) is 6.54 Å². The van der Waals surface area contributed by atoms with E-state index in [0.29, 0.717) is 19.4 Å². The lowest BCUT2D eigenvalue weighted by Gasteiger charge is -2.36. The van der Waals surface area contributed by atoms with Crippen molar-refractivity contribution in [3.05, 3.63) is 0 Å². The minimum absolute atomic E-state index is 0.0742. The molecule has 1 aliphatic heterocycles. The van der Waals surface area contributed by atoms with Gasteiger partial charge in [-0.2, -0.15) is 0 Å². The number of piperidine rings is 1. The van der Waals surface area contributed by atoms with Crippen molar-refractivity contribution in [1.29, 1.82) is 0 Å². The molecule has 0 spiro atoms. The van der Waals surface area contributed by atoms with Crippen LogP contribution < -0.4 is 5.32 Å². The maximum absolute atomic E-state index is 12.1. The van der Waals surface area contributed by atoms with Gasteiger partial charge in [-0.05, 0) is 26.2 Å². The Morgan fingerprint density at radius 2 is 2.26 bits per heavy atom. The van der Waals surface area contributed by atoms with E-state index in [1.54, 1.807) is 4.90 Å². The molecule has 5 heteroatoms. The van der Waals surface area contributed by atoms with Crippen LogP contribution in [-0.2, 0) is 4.79 Å². The van der Waals surface area contributed by atoms with Gasteiger partial charge in [0.15, 0.2) is 0 Å². The largest absolute Gasteiger partial charge is 0.481 e. The van der Waals surface area contributed by atoms with Crippen LogP contribution in [0, 0.1) is 18.3 Å². The van der Waals surface area contributed by atoms with E-state index in [1.165, 1.54) is 0 Å². The van der Waals surface area contributed by atoms with Crippen LogP contribution in [0.2, 0.25) is 0 Å². The van der Waals surface area contributed by atoms with E-state index in [-0.39, 0.29) is 24.0 Å². The molecule has 1 fully saturated rings. The average Bonchev–Trinajstić information content (AvgIpc) is 2.37. The number of carbonyl (C=O) groups is 2. The van der Waals surface area contributed by atoms with Crippen molar-refractivity contribution < 1.29 is 14.7 Å². The van der Waals surface area contributed by atoms with Gasteiger partial charge in [-0.3, -0.25) is 4.79 Å². The van der Waals surface area contributed by atoms with Crippen molar-refractivity contribution in [1.82, 2.24) is 10.2 Å². The highest BCUT2D eigenvalue weighted by molar-refractivity contribution is 5.76. The monoisotopic (exact) mass is 266 g/mol. The molecule has 5 nitrogen and oxygen atoms in total. The Morgan fingerprint density at radius 1 is 1.58 bits per heavy atom. The van der Waals surface area contributed by atoms with Gasteiger partial charge in [0.1, 0.15) is 0 Å². The number of carbonyl (C=O) groups excluding carboxylic acids is 1. The third-order valence-corrected chi connectivity index (χ3v) is 3.56. The molecule has 2 N–H and O–H groups in total. The molecule has 3 atom stereocenters. The van der Waals surface area contributed by atoms with Gasteiger partial charge in [0, 0.05) is 12.6 Å². The molecule has 0 bridgehead atoms. The van der Waals surface area contributed by atoms with E-state index < -0.39 is 5.97 Å². The normalized spacial score (nSPS) is 24.4. The third-order valence-electron chi connectivity index (χ3n) is 3.56. The van der Waals surface area contributed by atoms with Crippen molar-refractivity contribution >= 4 is 12.0 Å². The molecule has 106 valence electrons. The van der Waals surface area contributed by atoms with Crippen LogP contribution in [0.25, 0.3) is 0 Å². The summed E-state index contributed by atoms with van der Waals surface area (Å²) in [5.41, 5.74) is 0. The zero-order valence-corrected chi connectivity index (χ0v) is 11.6. The molecule has 0 radical (unpaired) electrons. The molecule has 1 heterocycles. The van der Waals surface area contributed by atoms with Crippen LogP contribution in [0.4, 0.5) is 4.79 Å². The third kappa shape index (κ3) is 4.16. The molecule has 3 unspecified atom stereocenters. The Balaban J connectivity index is 2.54. The minimum atomic E-state index is -0.778. The van der Waals surface area contributed by atoms with E-state index in [9.17, 15) is 9.59 Å². The standard InChI is InChI=1S/C14H22N2O3/c1-4-6-12(5-2)15-14(19)16-8-7-11(13(17)18)9-10(16)3/h2,10-12H,4,6-9H2,1,3H3,(H,15,19)(H,17,18). The van der Waals surface area contributed by atoms with Crippen LogP contribution in [0.1, 0.15) is 39.5 Å². The lowest BCUT2D eigenvalue weighted by atomic mass is 9.92. The number of rotatable bonds is 4. The van der Waals surface area contributed by atoms with Gasteiger partial charge in [0.05, 0.1) is 12.0 Å². The predicted octanol–water partition coefficient (Wildman–Crippen LogP) is 1.68. The van der Waals surface area contributed by atoms with Gasteiger partial charge < -0.3 is 15.3 Å². The van der Waals surface area contributed by atoms with Gasteiger partial charge in [-0.1, -0.05) is 19.3 Å². The van der Waals surface area contributed by atoms with Crippen molar-refractivity contribution in [2.45, 2.75) is 51.6 Å². The van der Waals surface area contributed by atoms with E-state index in [2.05, 4.69) is 11.2 Å². The Labute approximate surface area is 114 Å². The zero-order chi connectivity index (χ0) is 14.4. The Bertz CT molecular complexity index is 375. The summed E-state index contributed by atoms with van der Waals surface area (Å²) in [6, 6.07) is -0.510. The number of urea groups is 1. The topological polar surface area (TPSA) is 69.6 Å². The molecule has 19 heavy (non-hydrogen) atoms.